The van der Waals surface area contributed by atoms with Crippen molar-refractivity contribution in [1.82, 2.24) is 14.8 Å². The molecule has 1 aromatic heterocycles. The van der Waals surface area contributed by atoms with Gasteiger partial charge in [-0.2, -0.15) is 0 Å². The van der Waals surface area contributed by atoms with Crippen LogP contribution in [-0.4, -0.2) is 46.9 Å². The highest BCUT2D eigenvalue weighted by molar-refractivity contribution is 5.78. The normalized spacial score (nSPS) is 15.6. The van der Waals surface area contributed by atoms with Crippen molar-refractivity contribution in [3.63, 3.8) is 0 Å². The van der Waals surface area contributed by atoms with Gasteiger partial charge in [0.2, 0.25) is 5.91 Å². The summed E-state index contributed by atoms with van der Waals surface area (Å²) >= 11 is 0. The predicted molar refractivity (Wildman–Crippen MR) is 91.0 cm³/mol. The van der Waals surface area contributed by atoms with Gasteiger partial charge < -0.3 is 4.90 Å². The third-order valence-electron chi connectivity index (χ3n) is 4.27. The molecule has 1 aliphatic heterocycles. The summed E-state index contributed by atoms with van der Waals surface area (Å²) in [5, 5.41) is 0. The number of aromatic nitrogens is 1. The zero-order chi connectivity index (χ0) is 16.1. The molecule has 120 valence electrons. The molecular weight excluding hydrogens is 286 g/mol. The third kappa shape index (κ3) is 4.39. The highest BCUT2D eigenvalue weighted by Gasteiger charge is 2.21. The summed E-state index contributed by atoms with van der Waals surface area (Å²) < 4.78 is 0. The number of pyridine rings is 1. The van der Waals surface area contributed by atoms with Crippen molar-refractivity contribution in [1.29, 1.82) is 0 Å². The standard InChI is InChI=1S/C19H23N3O/c1-16-5-4-6-17(13-16)14-19(23)22-11-9-21(10-12-22)15-18-7-2-3-8-20-18/h2-8,13H,9-12,14-15H2,1H3. The van der Waals surface area contributed by atoms with Crippen LogP contribution < -0.4 is 0 Å². The highest BCUT2D eigenvalue weighted by atomic mass is 16.2. The molecule has 2 heterocycles. The SMILES string of the molecule is Cc1cccc(CC(=O)N2CCN(Cc3ccccn3)CC2)c1. The first-order valence-corrected chi connectivity index (χ1v) is 8.16. The number of rotatable bonds is 4. The Hall–Kier alpha value is -2.20. The van der Waals surface area contributed by atoms with E-state index >= 15 is 0 Å². The summed E-state index contributed by atoms with van der Waals surface area (Å²) in [5.41, 5.74) is 3.40. The van der Waals surface area contributed by atoms with Crippen molar-refractivity contribution in [3.05, 3.63) is 65.5 Å². The summed E-state index contributed by atoms with van der Waals surface area (Å²) in [4.78, 5) is 21.2. The summed E-state index contributed by atoms with van der Waals surface area (Å²) in [6.07, 6.45) is 2.33. The van der Waals surface area contributed by atoms with Crippen molar-refractivity contribution in [2.45, 2.75) is 19.9 Å². The number of nitrogens with zero attached hydrogens (tertiary/aromatic N) is 3. The number of carbonyl (C=O) groups excluding carboxylic acids is 1. The Labute approximate surface area is 137 Å². The lowest BCUT2D eigenvalue weighted by Gasteiger charge is -2.34. The van der Waals surface area contributed by atoms with Crippen LogP contribution in [0, 0.1) is 6.92 Å². The Kier molecular flexibility index (Phi) is 5.03. The van der Waals surface area contributed by atoms with Gasteiger partial charge in [0.25, 0.3) is 0 Å². The second-order valence-corrected chi connectivity index (χ2v) is 6.14. The molecule has 4 heteroatoms. The van der Waals surface area contributed by atoms with Crippen LogP contribution in [0.5, 0.6) is 0 Å². The van der Waals surface area contributed by atoms with E-state index in [9.17, 15) is 4.79 Å². The van der Waals surface area contributed by atoms with Gasteiger partial charge in [-0.1, -0.05) is 35.9 Å². The lowest BCUT2D eigenvalue weighted by molar-refractivity contribution is -0.132. The molecule has 0 atom stereocenters. The lowest BCUT2D eigenvalue weighted by Crippen LogP contribution is -2.48. The second kappa shape index (κ2) is 7.38. The van der Waals surface area contributed by atoms with E-state index in [1.54, 1.807) is 0 Å². The maximum absolute atomic E-state index is 12.4. The van der Waals surface area contributed by atoms with Crippen LogP contribution in [0.2, 0.25) is 0 Å². The molecule has 1 fully saturated rings. The van der Waals surface area contributed by atoms with E-state index in [0.717, 1.165) is 44.0 Å². The summed E-state index contributed by atoms with van der Waals surface area (Å²) in [5.74, 6) is 0.230. The van der Waals surface area contributed by atoms with Crippen molar-refractivity contribution in [2.75, 3.05) is 26.2 Å². The number of aryl methyl sites for hydroxylation is 1. The average Bonchev–Trinajstić information content (AvgIpc) is 2.56. The van der Waals surface area contributed by atoms with Gasteiger partial charge >= 0.3 is 0 Å². The van der Waals surface area contributed by atoms with E-state index in [2.05, 4.69) is 35.0 Å². The number of piperazine rings is 1. The lowest BCUT2D eigenvalue weighted by atomic mass is 10.1. The highest BCUT2D eigenvalue weighted by Crippen LogP contribution is 2.10. The molecule has 0 bridgehead atoms. The molecule has 1 saturated heterocycles. The largest absolute Gasteiger partial charge is 0.340 e. The van der Waals surface area contributed by atoms with Gasteiger partial charge in [0.15, 0.2) is 0 Å². The number of hydrogen-bond acceptors (Lipinski definition) is 3. The molecule has 0 N–H and O–H groups in total. The van der Waals surface area contributed by atoms with E-state index < -0.39 is 0 Å². The van der Waals surface area contributed by atoms with Crippen LogP contribution in [0.3, 0.4) is 0 Å². The maximum atomic E-state index is 12.4. The smallest absolute Gasteiger partial charge is 0.227 e. The van der Waals surface area contributed by atoms with Crippen LogP contribution in [0.1, 0.15) is 16.8 Å². The Morgan fingerprint density at radius 3 is 2.61 bits per heavy atom. The molecule has 4 nitrogen and oxygen atoms in total. The van der Waals surface area contributed by atoms with E-state index in [4.69, 9.17) is 0 Å². The van der Waals surface area contributed by atoms with Gasteiger partial charge in [-0.15, -0.1) is 0 Å². The molecule has 23 heavy (non-hydrogen) atoms. The van der Waals surface area contributed by atoms with Crippen LogP contribution in [0.25, 0.3) is 0 Å². The topological polar surface area (TPSA) is 36.4 Å². The van der Waals surface area contributed by atoms with E-state index in [-0.39, 0.29) is 5.91 Å². The molecule has 1 amide bonds. The fourth-order valence-electron chi connectivity index (χ4n) is 2.98. The molecule has 0 unspecified atom stereocenters. The van der Waals surface area contributed by atoms with Crippen molar-refractivity contribution < 1.29 is 4.79 Å². The Bertz CT molecular complexity index is 649. The van der Waals surface area contributed by atoms with E-state index in [0.29, 0.717) is 6.42 Å². The van der Waals surface area contributed by atoms with Crippen LogP contribution in [-0.2, 0) is 17.8 Å². The van der Waals surface area contributed by atoms with E-state index in [1.807, 2.05) is 35.4 Å². The Morgan fingerprint density at radius 2 is 1.91 bits per heavy atom. The van der Waals surface area contributed by atoms with Crippen LogP contribution in [0.4, 0.5) is 0 Å². The number of hydrogen-bond donors (Lipinski definition) is 0. The monoisotopic (exact) mass is 309 g/mol. The van der Waals surface area contributed by atoms with Crippen LogP contribution >= 0.6 is 0 Å². The van der Waals surface area contributed by atoms with Gasteiger partial charge in [0.05, 0.1) is 12.1 Å². The molecular formula is C19H23N3O. The number of amides is 1. The first-order chi connectivity index (χ1) is 11.2. The fourth-order valence-corrected chi connectivity index (χ4v) is 2.98. The quantitative estimate of drug-likeness (QED) is 0.869. The first-order valence-electron chi connectivity index (χ1n) is 8.16. The van der Waals surface area contributed by atoms with Crippen molar-refractivity contribution in [3.8, 4) is 0 Å². The van der Waals surface area contributed by atoms with Gasteiger partial charge in [-0.25, -0.2) is 0 Å². The molecule has 1 aromatic carbocycles. The Morgan fingerprint density at radius 1 is 1.09 bits per heavy atom. The minimum Gasteiger partial charge on any atom is -0.340 e. The molecule has 2 aromatic rings. The minimum absolute atomic E-state index is 0.230. The minimum atomic E-state index is 0.230. The molecule has 0 spiro atoms. The van der Waals surface area contributed by atoms with Crippen molar-refractivity contribution >= 4 is 5.91 Å². The zero-order valence-electron chi connectivity index (χ0n) is 13.6. The summed E-state index contributed by atoms with van der Waals surface area (Å²) in [6, 6.07) is 14.2. The second-order valence-electron chi connectivity index (χ2n) is 6.14. The average molecular weight is 309 g/mol. The first kappa shape index (κ1) is 15.7. The van der Waals surface area contributed by atoms with E-state index in [1.165, 1.54) is 5.56 Å². The van der Waals surface area contributed by atoms with Gasteiger partial charge in [0, 0.05) is 38.9 Å². The molecule has 1 aliphatic rings. The zero-order valence-corrected chi connectivity index (χ0v) is 13.6. The molecule has 0 saturated carbocycles. The van der Waals surface area contributed by atoms with Crippen LogP contribution in [0.15, 0.2) is 48.7 Å². The molecule has 3 rings (SSSR count). The third-order valence-corrected chi connectivity index (χ3v) is 4.27. The van der Waals surface area contributed by atoms with Crippen molar-refractivity contribution in [2.24, 2.45) is 0 Å². The maximum Gasteiger partial charge on any atom is 0.227 e. The van der Waals surface area contributed by atoms with Gasteiger partial charge in [0.1, 0.15) is 0 Å². The summed E-state index contributed by atoms with van der Waals surface area (Å²) in [6.45, 7) is 6.35. The number of carbonyl (C=O) groups is 1. The van der Waals surface area contributed by atoms with Gasteiger partial charge in [-0.3, -0.25) is 14.7 Å². The van der Waals surface area contributed by atoms with Gasteiger partial charge in [-0.05, 0) is 24.6 Å². The fraction of sp³-hybridized carbons (Fsp3) is 0.368. The molecule has 0 radical (unpaired) electrons. The summed E-state index contributed by atoms with van der Waals surface area (Å²) in [7, 11) is 0. The Balaban J connectivity index is 1.49. The molecule has 0 aliphatic carbocycles. The predicted octanol–water partition coefficient (Wildman–Crippen LogP) is 2.28. The number of benzene rings is 1.